The van der Waals surface area contributed by atoms with Gasteiger partial charge in [-0.25, -0.2) is 9.69 Å². The van der Waals surface area contributed by atoms with Crippen LogP contribution in [0.4, 0.5) is 10.5 Å². The smallest absolute Gasteiger partial charge is 0.328 e. The Bertz CT molecular complexity index is 1730. The van der Waals surface area contributed by atoms with E-state index in [4.69, 9.17) is 5.73 Å². The number of para-hydroxylation sites is 1. The largest absolute Gasteiger partial charge is 0.508 e. The molecule has 6 atom stereocenters. The van der Waals surface area contributed by atoms with Crippen molar-refractivity contribution in [3.05, 3.63) is 83.9 Å². The maximum absolute atomic E-state index is 14.5. The Morgan fingerprint density at radius 1 is 0.902 bits per heavy atom. The van der Waals surface area contributed by atoms with Crippen LogP contribution < -0.4 is 10.6 Å². The molecular weight excluding hydrogens is 522 g/mol. The summed E-state index contributed by atoms with van der Waals surface area (Å²) in [5.41, 5.74) is 5.80. The zero-order valence-electron chi connectivity index (χ0n) is 22.2. The third-order valence-electron chi connectivity index (χ3n) is 9.75. The number of amides is 6. The molecule has 0 spiro atoms. The fraction of sp³-hybridized carbons (Fsp3) is 0.281. The summed E-state index contributed by atoms with van der Waals surface area (Å²) in [5.74, 6) is -6.01. The number of fused-ring (bicyclic) bond motifs is 5. The number of primary amides is 1. The number of imide groups is 4. The summed E-state index contributed by atoms with van der Waals surface area (Å²) in [7, 11) is 0. The molecule has 206 valence electrons. The van der Waals surface area contributed by atoms with Gasteiger partial charge in [0.1, 0.15) is 5.75 Å². The zero-order chi connectivity index (χ0) is 28.8. The van der Waals surface area contributed by atoms with Crippen LogP contribution in [0.5, 0.6) is 5.75 Å². The quantitative estimate of drug-likeness (QED) is 0.368. The van der Waals surface area contributed by atoms with Gasteiger partial charge in [0.15, 0.2) is 0 Å². The Balaban J connectivity index is 1.48. The van der Waals surface area contributed by atoms with E-state index in [2.05, 4.69) is 0 Å². The summed E-state index contributed by atoms with van der Waals surface area (Å²) in [4.78, 5) is 69.1. The van der Waals surface area contributed by atoms with Crippen LogP contribution >= 0.6 is 0 Å². The van der Waals surface area contributed by atoms with Gasteiger partial charge < -0.3 is 10.8 Å². The predicted octanol–water partition coefficient (Wildman–Crippen LogP) is 3.85. The van der Waals surface area contributed by atoms with Gasteiger partial charge in [-0.2, -0.15) is 4.90 Å². The van der Waals surface area contributed by atoms with Crippen molar-refractivity contribution in [2.45, 2.75) is 25.7 Å². The fourth-order valence-corrected chi connectivity index (χ4v) is 7.95. The minimum atomic E-state index is -1.29. The molecule has 0 bridgehead atoms. The number of carbonyl (C=O) groups is 5. The van der Waals surface area contributed by atoms with Crippen molar-refractivity contribution in [1.29, 1.82) is 0 Å². The standard InChI is InChI=1S/C32H27N3O6/c1-32-22(28(38)34(30(32)40)17-8-3-2-4-9-17)15-21-19(12-13-20-24(21)29(39)35(27(20)37)31(33)41)26(32)25-18-10-6-5-7-16(18)11-14-23(25)36/h2-12,14,20-22,24,26,36H,13,15H2,1H3,(H2,33,41). The number of urea groups is 1. The molecule has 3 aromatic rings. The molecule has 6 amide bonds. The first kappa shape index (κ1) is 25.2. The van der Waals surface area contributed by atoms with Gasteiger partial charge in [0, 0.05) is 11.5 Å². The Hall–Kier alpha value is -4.79. The Morgan fingerprint density at radius 3 is 2.34 bits per heavy atom. The number of likely N-dealkylation sites (tertiary alicyclic amines) is 1. The lowest BCUT2D eigenvalue weighted by Crippen LogP contribution is -2.49. The molecule has 7 rings (SSSR count). The molecular formula is C32H27N3O6. The lowest BCUT2D eigenvalue weighted by Gasteiger charge is -2.49. The second-order valence-corrected chi connectivity index (χ2v) is 11.6. The van der Waals surface area contributed by atoms with E-state index in [0.717, 1.165) is 16.3 Å². The third kappa shape index (κ3) is 3.20. The first-order valence-corrected chi connectivity index (χ1v) is 13.7. The molecule has 9 nitrogen and oxygen atoms in total. The molecule has 1 saturated carbocycles. The van der Waals surface area contributed by atoms with Crippen LogP contribution in [-0.4, -0.2) is 39.7 Å². The number of hydrogen-bond acceptors (Lipinski definition) is 6. The molecule has 2 aliphatic heterocycles. The van der Waals surface area contributed by atoms with Crippen molar-refractivity contribution in [3.63, 3.8) is 0 Å². The van der Waals surface area contributed by atoms with E-state index >= 15 is 0 Å². The number of benzene rings is 3. The van der Waals surface area contributed by atoms with E-state index < -0.39 is 58.8 Å². The van der Waals surface area contributed by atoms with Gasteiger partial charge in [0.25, 0.3) is 0 Å². The molecule has 4 aliphatic rings. The minimum Gasteiger partial charge on any atom is -0.508 e. The summed E-state index contributed by atoms with van der Waals surface area (Å²) < 4.78 is 0. The van der Waals surface area contributed by atoms with Gasteiger partial charge in [-0.05, 0) is 54.7 Å². The predicted molar refractivity (Wildman–Crippen MR) is 148 cm³/mol. The van der Waals surface area contributed by atoms with Crippen molar-refractivity contribution in [3.8, 4) is 5.75 Å². The summed E-state index contributed by atoms with van der Waals surface area (Å²) in [6.07, 6.45) is 2.20. The molecule has 0 aromatic heterocycles. The molecule has 9 heteroatoms. The molecule has 2 saturated heterocycles. The van der Waals surface area contributed by atoms with Gasteiger partial charge in [-0.1, -0.05) is 60.2 Å². The number of phenolic OH excluding ortho intramolecular Hbond substituents is 1. The molecule has 41 heavy (non-hydrogen) atoms. The van der Waals surface area contributed by atoms with Crippen LogP contribution in [0, 0.1) is 29.1 Å². The van der Waals surface area contributed by atoms with E-state index in [9.17, 15) is 29.1 Å². The van der Waals surface area contributed by atoms with Crippen LogP contribution in [0.25, 0.3) is 10.8 Å². The second-order valence-electron chi connectivity index (χ2n) is 11.6. The molecule has 2 aliphatic carbocycles. The summed E-state index contributed by atoms with van der Waals surface area (Å²) >= 11 is 0. The number of anilines is 1. The Kier molecular flexibility index (Phi) is 5.29. The maximum Gasteiger partial charge on any atom is 0.328 e. The Morgan fingerprint density at radius 2 is 1.61 bits per heavy atom. The highest BCUT2D eigenvalue weighted by molar-refractivity contribution is 6.24. The van der Waals surface area contributed by atoms with Gasteiger partial charge in [-0.15, -0.1) is 0 Å². The highest BCUT2D eigenvalue weighted by Crippen LogP contribution is 2.65. The van der Waals surface area contributed by atoms with Crippen LogP contribution in [0.1, 0.15) is 31.2 Å². The average Bonchev–Trinajstić information content (AvgIpc) is 3.33. The van der Waals surface area contributed by atoms with Crippen molar-refractivity contribution < 1.29 is 29.1 Å². The highest BCUT2D eigenvalue weighted by Gasteiger charge is 2.68. The van der Waals surface area contributed by atoms with E-state index in [-0.39, 0.29) is 24.5 Å². The number of nitrogens with zero attached hydrogens (tertiary/aromatic N) is 2. The second kappa shape index (κ2) is 8.60. The number of phenols is 1. The highest BCUT2D eigenvalue weighted by atomic mass is 16.3. The van der Waals surface area contributed by atoms with Crippen molar-refractivity contribution in [2.75, 3.05) is 4.90 Å². The number of carbonyl (C=O) groups excluding carboxylic acids is 5. The van der Waals surface area contributed by atoms with Crippen molar-refractivity contribution in [2.24, 2.45) is 34.8 Å². The molecule has 2 heterocycles. The molecule has 3 fully saturated rings. The SMILES string of the molecule is CC12C(=O)N(c3ccccc3)C(=O)C1CC1C(=CCC3C(=O)N(C(N)=O)C(=O)C31)C2c1c(O)ccc2ccccc12. The van der Waals surface area contributed by atoms with Crippen LogP contribution in [0.15, 0.2) is 78.4 Å². The van der Waals surface area contributed by atoms with Crippen LogP contribution in [0.3, 0.4) is 0 Å². The summed E-state index contributed by atoms with van der Waals surface area (Å²) in [6, 6.07) is 18.5. The van der Waals surface area contributed by atoms with E-state index in [1.807, 2.05) is 30.3 Å². The van der Waals surface area contributed by atoms with Gasteiger partial charge >= 0.3 is 6.03 Å². The first-order chi connectivity index (χ1) is 19.7. The van der Waals surface area contributed by atoms with Gasteiger partial charge in [0.05, 0.1) is 28.9 Å². The minimum absolute atomic E-state index is 0.0247. The third-order valence-corrected chi connectivity index (χ3v) is 9.75. The molecule has 3 N–H and O–H groups in total. The number of hydrogen-bond donors (Lipinski definition) is 2. The monoisotopic (exact) mass is 549 g/mol. The van der Waals surface area contributed by atoms with E-state index in [1.165, 1.54) is 4.90 Å². The van der Waals surface area contributed by atoms with Crippen molar-refractivity contribution >= 4 is 46.1 Å². The number of allylic oxidation sites excluding steroid dienone is 2. The fourth-order valence-electron chi connectivity index (χ4n) is 7.95. The summed E-state index contributed by atoms with van der Waals surface area (Å²) in [5, 5.41) is 13.0. The van der Waals surface area contributed by atoms with Gasteiger partial charge in [-0.3, -0.25) is 19.2 Å². The van der Waals surface area contributed by atoms with Crippen molar-refractivity contribution in [1.82, 2.24) is 4.90 Å². The zero-order valence-corrected chi connectivity index (χ0v) is 22.2. The lowest BCUT2D eigenvalue weighted by atomic mass is 9.51. The molecule has 6 unspecified atom stereocenters. The van der Waals surface area contributed by atoms with Gasteiger partial charge in [0.2, 0.25) is 23.6 Å². The lowest BCUT2D eigenvalue weighted by molar-refractivity contribution is -0.136. The molecule has 0 radical (unpaired) electrons. The Labute approximate surface area is 235 Å². The number of aromatic hydroxyl groups is 1. The topological polar surface area (TPSA) is 138 Å². The number of rotatable bonds is 2. The molecule has 3 aromatic carbocycles. The summed E-state index contributed by atoms with van der Waals surface area (Å²) in [6.45, 7) is 1.77. The van der Waals surface area contributed by atoms with Crippen LogP contribution in [0.2, 0.25) is 0 Å². The first-order valence-electron chi connectivity index (χ1n) is 13.7. The normalized spacial score (nSPS) is 30.8. The maximum atomic E-state index is 14.5. The average molecular weight is 550 g/mol. The van der Waals surface area contributed by atoms with Crippen LogP contribution in [-0.2, 0) is 19.2 Å². The van der Waals surface area contributed by atoms with E-state index in [1.54, 1.807) is 49.4 Å². The van der Waals surface area contributed by atoms with E-state index in [0.29, 0.717) is 16.2 Å². The number of nitrogens with two attached hydrogens (primary N) is 1.